The van der Waals surface area contributed by atoms with Gasteiger partial charge in [0.05, 0.1) is 31.7 Å². The van der Waals surface area contributed by atoms with E-state index in [9.17, 15) is 0 Å². The highest BCUT2D eigenvalue weighted by Crippen LogP contribution is 2.15. The minimum atomic E-state index is -0.0349. The number of ether oxygens (including phenoxy) is 2. The Kier molecular flexibility index (Phi) is 2.96. The molecule has 0 bridgehead atoms. The normalized spacial score (nSPS) is 21.1. The first-order valence-electron chi connectivity index (χ1n) is 4.68. The molecule has 0 aliphatic carbocycles. The number of aliphatic hydroxyl groups is 1. The van der Waals surface area contributed by atoms with Crippen LogP contribution in [-0.4, -0.2) is 29.4 Å². The zero-order chi connectivity index (χ0) is 9.80. The van der Waals surface area contributed by atoms with Gasteiger partial charge in [0.1, 0.15) is 11.9 Å². The summed E-state index contributed by atoms with van der Waals surface area (Å²) in [6.45, 7) is 1.39. The van der Waals surface area contributed by atoms with Crippen molar-refractivity contribution in [3.63, 3.8) is 0 Å². The SMILES string of the molecule is OCc1ccc(OC2CCOC2)cn1. The third kappa shape index (κ3) is 2.21. The summed E-state index contributed by atoms with van der Waals surface area (Å²) in [5.41, 5.74) is 0.653. The molecule has 1 fully saturated rings. The predicted octanol–water partition coefficient (Wildman–Crippen LogP) is 0.742. The Labute approximate surface area is 82.5 Å². The lowest BCUT2D eigenvalue weighted by Gasteiger charge is -2.11. The molecule has 76 valence electrons. The average Bonchev–Trinajstić information content (AvgIpc) is 2.72. The van der Waals surface area contributed by atoms with Gasteiger partial charge in [-0.2, -0.15) is 0 Å². The Morgan fingerprint density at radius 1 is 1.57 bits per heavy atom. The minimum Gasteiger partial charge on any atom is -0.486 e. The molecule has 1 saturated heterocycles. The first-order valence-corrected chi connectivity index (χ1v) is 4.68. The average molecular weight is 195 g/mol. The van der Waals surface area contributed by atoms with Crippen molar-refractivity contribution < 1.29 is 14.6 Å². The number of hydrogen-bond acceptors (Lipinski definition) is 4. The van der Waals surface area contributed by atoms with Crippen LogP contribution in [0.25, 0.3) is 0 Å². The van der Waals surface area contributed by atoms with Crippen molar-refractivity contribution in [1.29, 1.82) is 0 Å². The molecular formula is C10H13NO3. The van der Waals surface area contributed by atoms with Crippen molar-refractivity contribution in [3.8, 4) is 5.75 Å². The first kappa shape index (κ1) is 9.43. The number of aliphatic hydroxyl groups excluding tert-OH is 1. The van der Waals surface area contributed by atoms with E-state index >= 15 is 0 Å². The van der Waals surface area contributed by atoms with Crippen LogP contribution in [0, 0.1) is 0 Å². The topological polar surface area (TPSA) is 51.6 Å². The summed E-state index contributed by atoms with van der Waals surface area (Å²) in [5.74, 6) is 0.734. The second-order valence-corrected chi connectivity index (χ2v) is 3.25. The Morgan fingerprint density at radius 3 is 3.07 bits per heavy atom. The van der Waals surface area contributed by atoms with E-state index in [1.807, 2.05) is 6.07 Å². The Morgan fingerprint density at radius 2 is 2.50 bits per heavy atom. The van der Waals surface area contributed by atoms with Gasteiger partial charge in [0.2, 0.25) is 0 Å². The van der Waals surface area contributed by atoms with E-state index in [2.05, 4.69) is 4.98 Å². The maximum atomic E-state index is 8.79. The molecule has 2 heterocycles. The van der Waals surface area contributed by atoms with Crippen LogP contribution in [-0.2, 0) is 11.3 Å². The minimum absolute atomic E-state index is 0.0349. The third-order valence-corrected chi connectivity index (χ3v) is 2.15. The number of pyridine rings is 1. The molecule has 0 spiro atoms. The van der Waals surface area contributed by atoms with Crippen molar-refractivity contribution in [2.24, 2.45) is 0 Å². The van der Waals surface area contributed by atoms with Crippen LogP contribution >= 0.6 is 0 Å². The maximum Gasteiger partial charge on any atom is 0.138 e. The first-order chi connectivity index (χ1) is 6.88. The van der Waals surface area contributed by atoms with Gasteiger partial charge in [-0.25, -0.2) is 0 Å². The van der Waals surface area contributed by atoms with Crippen LogP contribution in [0.4, 0.5) is 0 Å². The van der Waals surface area contributed by atoms with Crippen molar-refractivity contribution in [2.45, 2.75) is 19.1 Å². The standard InChI is InChI=1S/C10H13NO3/c12-6-8-1-2-9(5-11-8)14-10-3-4-13-7-10/h1-2,5,10,12H,3-4,6-7H2. The van der Waals surface area contributed by atoms with Gasteiger partial charge in [-0.1, -0.05) is 0 Å². The highest BCUT2D eigenvalue weighted by molar-refractivity contribution is 5.19. The molecule has 1 aromatic rings. The fourth-order valence-electron chi connectivity index (χ4n) is 1.37. The van der Waals surface area contributed by atoms with E-state index in [1.54, 1.807) is 12.3 Å². The fourth-order valence-corrected chi connectivity index (χ4v) is 1.37. The zero-order valence-electron chi connectivity index (χ0n) is 7.85. The molecule has 2 rings (SSSR count). The summed E-state index contributed by atoms with van der Waals surface area (Å²) in [6, 6.07) is 3.57. The summed E-state index contributed by atoms with van der Waals surface area (Å²) >= 11 is 0. The summed E-state index contributed by atoms with van der Waals surface area (Å²) in [5, 5.41) is 8.79. The summed E-state index contributed by atoms with van der Waals surface area (Å²) in [6.07, 6.45) is 2.71. The van der Waals surface area contributed by atoms with Gasteiger partial charge in [0.15, 0.2) is 0 Å². The molecule has 14 heavy (non-hydrogen) atoms. The van der Waals surface area contributed by atoms with Gasteiger partial charge < -0.3 is 14.6 Å². The van der Waals surface area contributed by atoms with E-state index in [0.717, 1.165) is 18.8 Å². The monoisotopic (exact) mass is 195 g/mol. The van der Waals surface area contributed by atoms with E-state index in [1.165, 1.54) is 0 Å². The summed E-state index contributed by atoms with van der Waals surface area (Å²) < 4.78 is 10.8. The highest BCUT2D eigenvalue weighted by atomic mass is 16.5. The number of aromatic nitrogens is 1. The summed E-state index contributed by atoms with van der Waals surface area (Å²) in [4.78, 5) is 4.02. The molecular weight excluding hydrogens is 182 g/mol. The van der Waals surface area contributed by atoms with Gasteiger partial charge >= 0.3 is 0 Å². The molecule has 1 N–H and O–H groups in total. The third-order valence-electron chi connectivity index (χ3n) is 2.15. The number of rotatable bonds is 3. The van der Waals surface area contributed by atoms with Crippen LogP contribution in [0.5, 0.6) is 5.75 Å². The van der Waals surface area contributed by atoms with Crippen molar-refractivity contribution in [3.05, 3.63) is 24.0 Å². The smallest absolute Gasteiger partial charge is 0.138 e. The Bertz CT molecular complexity index is 280. The van der Waals surface area contributed by atoms with Crippen molar-refractivity contribution in [2.75, 3.05) is 13.2 Å². The lowest BCUT2D eigenvalue weighted by molar-refractivity contribution is 0.141. The molecule has 4 nitrogen and oxygen atoms in total. The van der Waals surface area contributed by atoms with Crippen LogP contribution in [0.2, 0.25) is 0 Å². The molecule has 0 radical (unpaired) electrons. The highest BCUT2D eigenvalue weighted by Gasteiger charge is 2.16. The van der Waals surface area contributed by atoms with E-state index in [-0.39, 0.29) is 12.7 Å². The molecule has 0 aromatic carbocycles. The molecule has 1 aliphatic rings. The van der Waals surface area contributed by atoms with E-state index in [0.29, 0.717) is 12.3 Å². The molecule has 4 heteroatoms. The zero-order valence-corrected chi connectivity index (χ0v) is 7.85. The number of hydrogen-bond donors (Lipinski definition) is 1. The maximum absolute atomic E-state index is 8.79. The van der Waals surface area contributed by atoms with Gasteiger partial charge in [-0.3, -0.25) is 4.98 Å². The lowest BCUT2D eigenvalue weighted by Crippen LogP contribution is -2.15. The largest absolute Gasteiger partial charge is 0.486 e. The van der Waals surface area contributed by atoms with Crippen LogP contribution < -0.4 is 4.74 Å². The van der Waals surface area contributed by atoms with Crippen LogP contribution in [0.3, 0.4) is 0 Å². The second kappa shape index (κ2) is 4.39. The van der Waals surface area contributed by atoms with Gasteiger partial charge in [0, 0.05) is 6.42 Å². The van der Waals surface area contributed by atoms with Gasteiger partial charge in [-0.15, -0.1) is 0 Å². The second-order valence-electron chi connectivity index (χ2n) is 3.25. The molecule has 1 unspecified atom stereocenters. The quantitative estimate of drug-likeness (QED) is 0.773. The summed E-state index contributed by atoms with van der Waals surface area (Å²) in [7, 11) is 0. The van der Waals surface area contributed by atoms with Crippen molar-refractivity contribution >= 4 is 0 Å². The van der Waals surface area contributed by atoms with Gasteiger partial charge in [0.25, 0.3) is 0 Å². The molecule has 1 aromatic heterocycles. The molecule has 1 atom stereocenters. The lowest BCUT2D eigenvalue weighted by atomic mass is 10.3. The van der Waals surface area contributed by atoms with Gasteiger partial charge in [-0.05, 0) is 12.1 Å². The molecule has 1 aliphatic heterocycles. The Balaban J connectivity index is 1.95. The molecule has 0 saturated carbocycles. The van der Waals surface area contributed by atoms with Crippen molar-refractivity contribution in [1.82, 2.24) is 4.98 Å². The Hall–Kier alpha value is -1.13. The van der Waals surface area contributed by atoms with E-state index < -0.39 is 0 Å². The van der Waals surface area contributed by atoms with Crippen LogP contribution in [0.1, 0.15) is 12.1 Å². The molecule has 0 amide bonds. The number of nitrogens with zero attached hydrogens (tertiary/aromatic N) is 1. The van der Waals surface area contributed by atoms with E-state index in [4.69, 9.17) is 14.6 Å². The predicted molar refractivity (Wildman–Crippen MR) is 50.0 cm³/mol. The fraction of sp³-hybridized carbons (Fsp3) is 0.500. The van der Waals surface area contributed by atoms with Crippen LogP contribution in [0.15, 0.2) is 18.3 Å².